The van der Waals surface area contributed by atoms with E-state index in [2.05, 4.69) is 4.98 Å². The van der Waals surface area contributed by atoms with Gasteiger partial charge >= 0.3 is 0 Å². The number of halogens is 2. The van der Waals surface area contributed by atoms with E-state index in [0.717, 1.165) is 37.8 Å². The molecule has 0 bridgehead atoms. The number of rotatable bonds is 4. The van der Waals surface area contributed by atoms with Gasteiger partial charge in [-0.05, 0) is 62.3 Å². The molecule has 1 heterocycles. The van der Waals surface area contributed by atoms with Crippen molar-refractivity contribution in [3.8, 4) is 5.75 Å². The van der Waals surface area contributed by atoms with Crippen molar-refractivity contribution in [3.05, 3.63) is 52.9 Å². The van der Waals surface area contributed by atoms with Crippen LogP contribution in [0.2, 0.25) is 5.02 Å². The van der Waals surface area contributed by atoms with Crippen molar-refractivity contribution in [3.63, 3.8) is 0 Å². The number of nitrogens with two attached hydrogens (primary N) is 1. The molecule has 0 atom stereocenters. The number of pyridine rings is 1. The molecule has 23 heavy (non-hydrogen) atoms. The standard InChI is InChI=1S/C18H20ClFN2O/c19-15-4-2-5-16(18(15)20)23-14-9-7-12(8-10-14)11-13-3-1-6-17(21)22-13/h1-6,12,14H,7-11H2,(H2,21,22). The summed E-state index contributed by atoms with van der Waals surface area (Å²) >= 11 is 5.79. The summed E-state index contributed by atoms with van der Waals surface area (Å²) in [5.74, 6) is 0.919. The van der Waals surface area contributed by atoms with Crippen molar-refractivity contribution in [2.45, 2.75) is 38.2 Å². The summed E-state index contributed by atoms with van der Waals surface area (Å²) in [6.07, 6.45) is 4.90. The first kappa shape index (κ1) is 16.1. The molecule has 1 saturated carbocycles. The fourth-order valence-corrected chi connectivity index (χ4v) is 3.28. The first-order chi connectivity index (χ1) is 11.1. The van der Waals surface area contributed by atoms with Gasteiger partial charge in [-0.3, -0.25) is 0 Å². The van der Waals surface area contributed by atoms with Crippen LogP contribution in [0.5, 0.6) is 5.75 Å². The first-order valence-corrected chi connectivity index (χ1v) is 8.31. The summed E-state index contributed by atoms with van der Waals surface area (Å²) in [7, 11) is 0. The van der Waals surface area contributed by atoms with Crippen LogP contribution in [-0.4, -0.2) is 11.1 Å². The monoisotopic (exact) mass is 334 g/mol. The summed E-state index contributed by atoms with van der Waals surface area (Å²) in [6, 6.07) is 10.6. The summed E-state index contributed by atoms with van der Waals surface area (Å²) < 4.78 is 19.7. The van der Waals surface area contributed by atoms with Crippen molar-refractivity contribution in [2.75, 3.05) is 5.73 Å². The quantitative estimate of drug-likeness (QED) is 0.886. The molecule has 0 unspecified atom stereocenters. The highest BCUT2D eigenvalue weighted by atomic mass is 35.5. The van der Waals surface area contributed by atoms with E-state index in [-0.39, 0.29) is 16.9 Å². The largest absolute Gasteiger partial charge is 0.487 e. The maximum Gasteiger partial charge on any atom is 0.183 e. The molecule has 0 saturated heterocycles. The van der Waals surface area contributed by atoms with Crippen LogP contribution in [0.15, 0.2) is 36.4 Å². The zero-order valence-electron chi connectivity index (χ0n) is 12.8. The van der Waals surface area contributed by atoms with Gasteiger partial charge < -0.3 is 10.5 Å². The fourth-order valence-electron chi connectivity index (χ4n) is 3.12. The summed E-state index contributed by atoms with van der Waals surface area (Å²) in [4.78, 5) is 4.36. The fraction of sp³-hybridized carbons (Fsp3) is 0.389. The molecule has 3 nitrogen and oxygen atoms in total. The predicted octanol–water partition coefficient (Wildman–Crippen LogP) is 4.64. The number of hydrogen-bond acceptors (Lipinski definition) is 3. The van der Waals surface area contributed by atoms with Gasteiger partial charge in [0.25, 0.3) is 0 Å². The molecule has 0 spiro atoms. The van der Waals surface area contributed by atoms with Crippen LogP contribution in [0.25, 0.3) is 0 Å². The maximum absolute atomic E-state index is 13.9. The van der Waals surface area contributed by atoms with E-state index < -0.39 is 5.82 Å². The molecule has 1 aliphatic rings. The van der Waals surface area contributed by atoms with Gasteiger partial charge in [-0.15, -0.1) is 0 Å². The normalized spacial score (nSPS) is 21.1. The number of anilines is 1. The van der Waals surface area contributed by atoms with Crippen LogP contribution < -0.4 is 10.5 Å². The number of ether oxygens (including phenoxy) is 1. The number of aromatic nitrogens is 1. The lowest BCUT2D eigenvalue weighted by atomic mass is 9.84. The van der Waals surface area contributed by atoms with E-state index in [1.165, 1.54) is 6.07 Å². The molecular formula is C18H20ClFN2O. The third-order valence-corrected chi connectivity index (χ3v) is 4.62. The van der Waals surface area contributed by atoms with E-state index in [4.69, 9.17) is 22.1 Å². The zero-order chi connectivity index (χ0) is 16.2. The maximum atomic E-state index is 13.9. The van der Waals surface area contributed by atoms with Crippen molar-refractivity contribution in [1.29, 1.82) is 0 Å². The summed E-state index contributed by atoms with van der Waals surface area (Å²) in [5, 5.41) is 0.101. The van der Waals surface area contributed by atoms with E-state index in [0.29, 0.717) is 11.7 Å². The average Bonchev–Trinajstić information content (AvgIpc) is 2.54. The summed E-state index contributed by atoms with van der Waals surface area (Å²) in [5.41, 5.74) is 6.76. The first-order valence-electron chi connectivity index (χ1n) is 7.94. The Bertz CT molecular complexity index is 672. The lowest BCUT2D eigenvalue weighted by Crippen LogP contribution is -2.25. The van der Waals surface area contributed by atoms with Crippen molar-refractivity contribution < 1.29 is 9.13 Å². The van der Waals surface area contributed by atoms with Crippen LogP contribution in [0, 0.1) is 11.7 Å². The molecule has 0 aliphatic heterocycles. The van der Waals surface area contributed by atoms with E-state index >= 15 is 0 Å². The highest BCUT2D eigenvalue weighted by molar-refractivity contribution is 6.30. The molecule has 0 amide bonds. The van der Waals surface area contributed by atoms with Gasteiger partial charge in [0.1, 0.15) is 5.82 Å². The Kier molecular flexibility index (Phi) is 5.01. The SMILES string of the molecule is Nc1cccc(CC2CCC(Oc3cccc(Cl)c3F)CC2)n1. The Balaban J connectivity index is 1.53. The van der Waals surface area contributed by atoms with Crippen LogP contribution in [0.1, 0.15) is 31.4 Å². The minimum absolute atomic E-state index is 0.0491. The molecule has 0 radical (unpaired) electrons. The Morgan fingerprint density at radius 1 is 1.13 bits per heavy atom. The smallest absolute Gasteiger partial charge is 0.183 e. The van der Waals surface area contributed by atoms with Gasteiger partial charge in [0.15, 0.2) is 11.6 Å². The minimum atomic E-state index is -0.472. The Morgan fingerprint density at radius 2 is 1.87 bits per heavy atom. The third-order valence-electron chi connectivity index (χ3n) is 4.33. The predicted molar refractivity (Wildman–Crippen MR) is 90.1 cm³/mol. The van der Waals surface area contributed by atoms with Gasteiger partial charge in [0.05, 0.1) is 11.1 Å². The molecule has 1 aliphatic carbocycles. The van der Waals surface area contributed by atoms with Gasteiger partial charge in [-0.25, -0.2) is 9.37 Å². The van der Waals surface area contributed by atoms with Crippen LogP contribution in [0.3, 0.4) is 0 Å². The topological polar surface area (TPSA) is 48.1 Å². The van der Waals surface area contributed by atoms with Crippen molar-refractivity contribution >= 4 is 17.4 Å². The van der Waals surface area contributed by atoms with Crippen LogP contribution in [-0.2, 0) is 6.42 Å². The van der Waals surface area contributed by atoms with Gasteiger partial charge in [0.2, 0.25) is 0 Å². The molecule has 1 fully saturated rings. The molecule has 5 heteroatoms. The molecule has 3 rings (SSSR count). The molecule has 1 aromatic carbocycles. The van der Waals surface area contributed by atoms with Gasteiger partial charge in [0, 0.05) is 5.69 Å². The molecule has 2 aromatic rings. The zero-order valence-corrected chi connectivity index (χ0v) is 13.6. The molecular weight excluding hydrogens is 315 g/mol. The number of nitrogens with zero attached hydrogens (tertiary/aromatic N) is 1. The lowest BCUT2D eigenvalue weighted by molar-refractivity contribution is 0.126. The number of hydrogen-bond donors (Lipinski definition) is 1. The third kappa shape index (κ3) is 4.14. The number of nitrogen functional groups attached to an aromatic ring is 1. The van der Waals surface area contributed by atoms with Crippen molar-refractivity contribution in [1.82, 2.24) is 4.98 Å². The van der Waals surface area contributed by atoms with Crippen molar-refractivity contribution in [2.24, 2.45) is 5.92 Å². The highest BCUT2D eigenvalue weighted by Crippen LogP contribution is 2.32. The van der Waals surface area contributed by atoms with E-state index in [1.54, 1.807) is 18.2 Å². The van der Waals surface area contributed by atoms with E-state index in [1.807, 2.05) is 12.1 Å². The number of benzene rings is 1. The molecule has 2 N–H and O–H groups in total. The Hall–Kier alpha value is -1.81. The highest BCUT2D eigenvalue weighted by Gasteiger charge is 2.24. The van der Waals surface area contributed by atoms with Gasteiger partial charge in [-0.1, -0.05) is 23.7 Å². The van der Waals surface area contributed by atoms with Crippen LogP contribution in [0.4, 0.5) is 10.2 Å². The Morgan fingerprint density at radius 3 is 2.61 bits per heavy atom. The van der Waals surface area contributed by atoms with E-state index in [9.17, 15) is 4.39 Å². The Labute approximate surface area is 140 Å². The second-order valence-electron chi connectivity index (χ2n) is 6.07. The summed E-state index contributed by atoms with van der Waals surface area (Å²) in [6.45, 7) is 0. The van der Waals surface area contributed by atoms with Gasteiger partial charge in [-0.2, -0.15) is 0 Å². The lowest BCUT2D eigenvalue weighted by Gasteiger charge is -2.29. The minimum Gasteiger partial charge on any atom is -0.487 e. The molecule has 122 valence electrons. The second-order valence-corrected chi connectivity index (χ2v) is 6.48. The van der Waals surface area contributed by atoms with Crippen LogP contribution >= 0.6 is 11.6 Å². The average molecular weight is 335 g/mol. The second kappa shape index (κ2) is 7.18. The molecule has 1 aromatic heterocycles.